The van der Waals surface area contributed by atoms with E-state index in [1.165, 1.54) is 23.1 Å². The second-order valence-corrected chi connectivity index (χ2v) is 7.81. The fourth-order valence-electron chi connectivity index (χ4n) is 2.04. The van der Waals surface area contributed by atoms with E-state index in [1.54, 1.807) is 6.92 Å². The van der Waals surface area contributed by atoms with Gasteiger partial charge in [-0.3, -0.25) is 9.59 Å². The minimum atomic E-state index is -0.526. The molecule has 11 heteroatoms. The van der Waals surface area contributed by atoms with Crippen LogP contribution < -0.4 is 10.6 Å². The number of hydrogen-bond acceptors (Lipinski definition) is 9. The number of carbonyl (C=O) groups excluding carboxylic acids is 3. The van der Waals surface area contributed by atoms with Crippen LogP contribution in [0.3, 0.4) is 0 Å². The third-order valence-corrected chi connectivity index (χ3v) is 5.28. The summed E-state index contributed by atoms with van der Waals surface area (Å²) in [6.45, 7) is 2.58. The first-order chi connectivity index (χ1) is 14.1. The molecule has 156 valence electrons. The number of benzene rings is 1. The summed E-state index contributed by atoms with van der Waals surface area (Å²) < 4.78 is 10.5. The predicted molar refractivity (Wildman–Crippen MR) is 110 cm³/mol. The smallest absolute Gasteiger partial charge is 0.407 e. The number of nitrogens with zero attached hydrogens (tertiary/aromatic N) is 2. The van der Waals surface area contributed by atoms with Gasteiger partial charge in [0, 0.05) is 13.0 Å². The van der Waals surface area contributed by atoms with Crippen molar-refractivity contribution in [2.45, 2.75) is 30.7 Å². The van der Waals surface area contributed by atoms with Crippen LogP contribution in [0, 0.1) is 0 Å². The van der Waals surface area contributed by atoms with E-state index in [1.807, 2.05) is 30.3 Å². The van der Waals surface area contributed by atoms with Crippen LogP contribution in [0.25, 0.3) is 0 Å². The first-order valence-electron chi connectivity index (χ1n) is 8.93. The highest BCUT2D eigenvalue weighted by molar-refractivity contribution is 8.01. The summed E-state index contributed by atoms with van der Waals surface area (Å²) in [6.07, 6.45) is 0.140. The van der Waals surface area contributed by atoms with Crippen LogP contribution in [0.5, 0.6) is 0 Å². The molecule has 2 aromatic rings. The van der Waals surface area contributed by atoms with Crippen molar-refractivity contribution in [3.8, 4) is 0 Å². The Hall–Kier alpha value is -2.66. The van der Waals surface area contributed by atoms with E-state index in [2.05, 4.69) is 20.8 Å². The molecule has 0 saturated heterocycles. The third kappa shape index (κ3) is 9.39. The van der Waals surface area contributed by atoms with Gasteiger partial charge in [0.15, 0.2) is 4.34 Å². The number of esters is 1. The lowest BCUT2D eigenvalue weighted by Crippen LogP contribution is -2.26. The molecule has 0 radical (unpaired) electrons. The fraction of sp³-hybridized carbons (Fsp3) is 0.389. The molecule has 0 spiro atoms. The van der Waals surface area contributed by atoms with Crippen LogP contribution in [0.1, 0.15) is 25.3 Å². The van der Waals surface area contributed by atoms with Gasteiger partial charge in [0.05, 0.1) is 12.4 Å². The summed E-state index contributed by atoms with van der Waals surface area (Å²) in [4.78, 5) is 34.9. The van der Waals surface area contributed by atoms with E-state index in [4.69, 9.17) is 9.47 Å². The maximum absolute atomic E-state index is 11.9. The Morgan fingerprint density at radius 3 is 2.69 bits per heavy atom. The number of ether oxygens (including phenoxy) is 2. The van der Waals surface area contributed by atoms with E-state index < -0.39 is 6.09 Å². The van der Waals surface area contributed by atoms with Crippen molar-refractivity contribution in [1.82, 2.24) is 15.5 Å². The average molecular weight is 439 g/mol. The van der Waals surface area contributed by atoms with Gasteiger partial charge >= 0.3 is 12.1 Å². The molecule has 0 fully saturated rings. The molecule has 0 aliphatic carbocycles. The zero-order valence-electron chi connectivity index (χ0n) is 15.9. The highest BCUT2D eigenvalue weighted by Crippen LogP contribution is 2.25. The van der Waals surface area contributed by atoms with E-state index >= 15 is 0 Å². The molecule has 2 amide bonds. The second kappa shape index (κ2) is 12.7. The third-order valence-electron chi connectivity index (χ3n) is 3.33. The Bertz CT molecular complexity index is 801. The van der Waals surface area contributed by atoms with Gasteiger partial charge in [-0.2, -0.15) is 0 Å². The Balaban J connectivity index is 1.57. The SMILES string of the molecule is CCOC(=O)CSc1nnc(NC(=O)CCCNC(=O)OCc2ccccc2)s1. The molecule has 2 rings (SSSR count). The maximum atomic E-state index is 11.9. The molecule has 9 nitrogen and oxygen atoms in total. The largest absolute Gasteiger partial charge is 0.465 e. The minimum absolute atomic E-state index is 0.141. The lowest BCUT2D eigenvalue weighted by molar-refractivity contribution is -0.139. The summed E-state index contributed by atoms with van der Waals surface area (Å²) >= 11 is 2.38. The van der Waals surface area contributed by atoms with Gasteiger partial charge in [-0.25, -0.2) is 4.79 Å². The summed E-state index contributed by atoms with van der Waals surface area (Å²) in [5.41, 5.74) is 0.902. The first-order valence-corrected chi connectivity index (χ1v) is 10.7. The molecule has 1 heterocycles. The van der Waals surface area contributed by atoms with Gasteiger partial charge in [0.2, 0.25) is 11.0 Å². The summed E-state index contributed by atoms with van der Waals surface area (Å²) in [5.74, 6) is -0.418. The Labute approximate surface area is 176 Å². The normalized spacial score (nSPS) is 10.2. The molecule has 29 heavy (non-hydrogen) atoms. The van der Waals surface area contributed by atoms with E-state index in [-0.39, 0.29) is 30.7 Å². The molecule has 0 atom stereocenters. The number of nitrogens with one attached hydrogen (secondary N) is 2. The van der Waals surface area contributed by atoms with Crippen molar-refractivity contribution in [1.29, 1.82) is 0 Å². The number of anilines is 1. The van der Waals surface area contributed by atoms with Crippen LogP contribution in [0.2, 0.25) is 0 Å². The zero-order chi connectivity index (χ0) is 20.9. The van der Waals surface area contributed by atoms with Crippen molar-refractivity contribution in [3.63, 3.8) is 0 Å². The lowest BCUT2D eigenvalue weighted by atomic mass is 10.2. The molecule has 0 aliphatic heterocycles. The second-order valence-electron chi connectivity index (χ2n) is 5.61. The first kappa shape index (κ1) is 22.6. The molecule has 0 unspecified atom stereocenters. The van der Waals surface area contributed by atoms with Crippen LogP contribution in [-0.2, 0) is 25.7 Å². The van der Waals surface area contributed by atoms with E-state index in [9.17, 15) is 14.4 Å². The molecule has 0 aliphatic rings. The zero-order valence-corrected chi connectivity index (χ0v) is 17.5. The van der Waals surface area contributed by atoms with Crippen molar-refractivity contribution < 1.29 is 23.9 Å². The lowest BCUT2D eigenvalue weighted by Gasteiger charge is -2.07. The number of aromatic nitrogens is 2. The number of amides is 2. The number of carbonyl (C=O) groups is 3. The van der Waals surface area contributed by atoms with Gasteiger partial charge in [0.1, 0.15) is 6.61 Å². The number of hydrogen-bond donors (Lipinski definition) is 2. The van der Waals surface area contributed by atoms with Crippen molar-refractivity contribution in [3.05, 3.63) is 35.9 Å². The highest BCUT2D eigenvalue weighted by atomic mass is 32.2. The molecular weight excluding hydrogens is 416 g/mol. The summed E-state index contributed by atoms with van der Waals surface area (Å²) in [6, 6.07) is 9.36. The minimum Gasteiger partial charge on any atom is -0.465 e. The molecule has 1 aromatic heterocycles. The molecule has 2 N–H and O–H groups in total. The van der Waals surface area contributed by atoms with E-state index in [0.29, 0.717) is 29.0 Å². The van der Waals surface area contributed by atoms with Crippen molar-refractivity contribution in [2.75, 3.05) is 24.2 Å². The number of rotatable bonds is 11. The Kier molecular flexibility index (Phi) is 9.93. The van der Waals surface area contributed by atoms with Crippen molar-refractivity contribution >= 4 is 46.2 Å². The summed E-state index contributed by atoms with van der Waals surface area (Å²) in [5, 5.41) is 13.4. The monoisotopic (exact) mass is 438 g/mol. The Morgan fingerprint density at radius 2 is 1.93 bits per heavy atom. The van der Waals surface area contributed by atoms with Gasteiger partial charge in [-0.15, -0.1) is 10.2 Å². The van der Waals surface area contributed by atoms with Crippen molar-refractivity contribution in [2.24, 2.45) is 0 Å². The van der Waals surface area contributed by atoms with Crippen LogP contribution in [0.15, 0.2) is 34.7 Å². The summed E-state index contributed by atoms with van der Waals surface area (Å²) in [7, 11) is 0. The highest BCUT2D eigenvalue weighted by Gasteiger charge is 2.11. The molecular formula is C18H22N4O5S2. The van der Waals surface area contributed by atoms with Gasteiger partial charge in [-0.05, 0) is 18.9 Å². The van der Waals surface area contributed by atoms with E-state index in [0.717, 1.165) is 5.56 Å². The topological polar surface area (TPSA) is 120 Å². The number of thioether (sulfide) groups is 1. The van der Waals surface area contributed by atoms with Crippen LogP contribution in [0.4, 0.5) is 9.93 Å². The Morgan fingerprint density at radius 1 is 1.14 bits per heavy atom. The molecule has 1 aromatic carbocycles. The van der Waals surface area contributed by atoms with Crippen LogP contribution >= 0.6 is 23.1 Å². The van der Waals surface area contributed by atoms with Gasteiger partial charge in [0.25, 0.3) is 0 Å². The van der Waals surface area contributed by atoms with Gasteiger partial charge in [-0.1, -0.05) is 53.4 Å². The molecule has 0 bridgehead atoms. The predicted octanol–water partition coefficient (Wildman–Crippen LogP) is 2.84. The molecule has 0 saturated carbocycles. The number of alkyl carbamates (subject to hydrolysis) is 1. The van der Waals surface area contributed by atoms with Gasteiger partial charge < -0.3 is 20.1 Å². The average Bonchev–Trinajstić information content (AvgIpc) is 3.16. The standard InChI is InChI=1S/C18H22N4O5S2/c1-2-26-15(24)12-28-18-22-21-16(29-18)20-14(23)9-6-10-19-17(25)27-11-13-7-4-3-5-8-13/h3-5,7-8H,2,6,9-12H2,1H3,(H,19,25)(H,20,21,23). The quantitative estimate of drug-likeness (QED) is 0.238. The fourth-order valence-corrected chi connectivity index (χ4v) is 3.60. The maximum Gasteiger partial charge on any atom is 0.407 e. The van der Waals surface area contributed by atoms with Crippen LogP contribution in [-0.4, -0.2) is 47.1 Å².